The van der Waals surface area contributed by atoms with Crippen LogP contribution in [0.2, 0.25) is 0 Å². The number of aromatic nitrogens is 1. The van der Waals surface area contributed by atoms with Crippen molar-refractivity contribution in [3.63, 3.8) is 0 Å². The molecule has 0 bridgehead atoms. The third kappa shape index (κ3) is 2.38. The summed E-state index contributed by atoms with van der Waals surface area (Å²) in [5.74, 6) is 0.399. The zero-order chi connectivity index (χ0) is 11.4. The molecule has 0 aliphatic heterocycles. The minimum Gasteiger partial charge on any atom is -0.471 e. The number of nitriles is 1. The highest BCUT2D eigenvalue weighted by Gasteiger charge is 2.04. The van der Waals surface area contributed by atoms with E-state index in [1.54, 1.807) is 29.7 Å². The van der Waals surface area contributed by atoms with Gasteiger partial charge in [-0.25, -0.2) is 4.98 Å². The Morgan fingerprint density at radius 3 is 3.00 bits per heavy atom. The number of pyridine rings is 1. The molecule has 0 N–H and O–H groups in total. The van der Waals surface area contributed by atoms with E-state index in [1.165, 1.54) is 4.88 Å². The summed E-state index contributed by atoms with van der Waals surface area (Å²) in [6.45, 7) is 2.51. The first kappa shape index (κ1) is 10.7. The SMILES string of the molecule is Cc1ccc(COc2ncccc2C#N)s1. The van der Waals surface area contributed by atoms with Crippen molar-refractivity contribution >= 4 is 11.3 Å². The molecule has 0 aliphatic carbocycles. The summed E-state index contributed by atoms with van der Waals surface area (Å²) in [5, 5.41) is 8.85. The summed E-state index contributed by atoms with van der Waals surface area (Å²) >= 11 is 1.68. The van der Waals surface area contributed by atoms with Crippen molar-refractivity contribution in [2.45, 2.75) is 13.5 Å². The van der Waals surface area contributed by atoms with Gasteiger partial charge >= 0.3 is 0 Å². The van der Waals surface area contributed by atoms with Gasteiger partial charge in [0.15, 0.2) is 0 Å². The first-order valence-corrected chi connectivity index (χ1v) is 5.64. The standard InChI is InChI=1S/C12H10N2OS/c1-9-4-5-11(16-9)8-15-12-10(7-13)3-2-6-14-12/h2-6H,8H2,1H3. The number of nitrogens with zero attached hydrogens (tertiary/aromatic N) is 2. The van der Waals surface area contributed by atoms with Crippen molar-refractivity contribution in [3.05, 3.63) is 45.8 Å². The van der Waals surface area contributed by atoms with Gasteiger partial charge in [0.05, 0.1) is 0 Å². The normalized spacial score (nSPS) is 9.75. The molecule has 0 aliphatic rings. The van der Waals surface area contributed by atoms with E-state index in [4.69, 9.17) is 10.00 Å². The van der Waals surface area contributed by atoms with E-state index in [0.717, 1.165) is 4.88 Å². The van der Waals surface area contributed by atoms with Gasteiger partial charge in [0.25, 0.3) is 0 Å². The molecule has 80 valence electrons. The van der Waals surface area contributed by atoms with Gasteiger partial charge in [-0.05, 0) is 31.2 Å². The fraction of sp³-hybridized carbons (Fsp3) is 0.167. The summed E-state index contributed by atoms with van der Waals surface area (Å²) in [5.41, 5.74) is 0.468. The second kappa shape index (κ2) is 4.77. The molecule has 2 aromatic heterocycles. The summed E-state index contributed by atoms with van der Waals surface area (Å²) in [6.07, 6.45) is 1.62. The van der Waals surface area contributed by atoms with Crippen LogP contribution in [0.25, 0.3) is 0 Å². The van der Waals surface area contributed by atoms with Gasteiger partial charge in [-0.1, -0.05) is 0 Å². The van der Waals surface area contributed by atoms with Crippen LogP contribution in [0.4, 0.5) is 0 Å². The molecule has 0 atom stereocenters. The van der Waals surface area contributed by atoms with Crippen LogP contribution in [-0.4, -0.2) is 4.98 Å². The molecular weight excluding hydrogens is 220 g/mol. The zero-order valence-electron chi connectivity index (χ0n) is 8.80. The van der Waals surface area contributed by atoms with E-state index >= 15 is 0 Å². The number of hydrogen-bond acceptors (Lipinski definition) is 4. The lowest BCUT2D eigenvalue weighted by atomic mass is 10.3. The van der Waals surface area contributed by atoms with Gasteiger partial charge in [0.1, 0.15) is 18.2 Å². The Labute approximate surface area is 97.9 Å². The topological polar surface area (TPSA) is 45.9 Å². The van der Waals surface area contributed by atoms with Gasteiger partial charge < -0.3 is 4.74 Å². The van der Waals surface area contributed by atoms with Crippen molar-refractivity contribution in [2.24, 2.45) is 0 Å². The van der Waals surface area contributed by atoms with E-state index < -0.39 is 0 Å². The smallest absolute Gasteiger partial charge is 0.231 e. The predicted octanol–water partition coefficient (Wildman–Crippen LogP) is 2.90. The maximum absolute atomic E-state index is 8.85. The lowest BCUT2D eigenvalue weighted by Crippen LogP contribution is -1.97. The average molecular weight is 230 g/mol. The van der Waals surface area contributed by atoms with Crippen molar-refractivity contribution < 1.29 is 4.74 Å². The monoisotopic (exact) mass is 230 g/mol. The molecule has 0 unspecified atom stereocenters. The van der Waals surface area contributed by atoms with Gasteiger partial charge in [0.2, 0.25) is 5.88 Å². The zero-order valence-corrected chi connectivity index (χ0v) is 9.62. The average Bonchev–Trinajstić information content (AvgIpc) is 2.73. The van der Waals surface area contributed by atoms with Crippen molar-refractivity contribution in [1.82, 2.24) is 4.98 Å². The fourth-order valence-corrected chi connectivity index (χ4v) is 2.10. The van der Waals surface area contributed by atoms with Crippen LogP contribution >= 0.6 is 11.3 Å². The molecule has 0 aromatic carbocycles. The second-order valence-electron chi connectivity index (χ2n) is 3.27. The molecule has 0 fully saturated rings. The molecule has 3 nitrogen and oxygen atoms in total. The largest absolute Gasteiger partial charge is 0.471 e. The van der Waals surface area contributed by atoms with E-state index in [0.29, 0.717) is 18.1 Å². The van der Waals surface area contributed by atoms with Crippen LogP contribution in [-0.2, 0) is 6.61 Å². The first-order chi connectivity index (χ1) is 7.79. The molecule has 16 heavy (non-hydrogen) atoms. The van der Waals surface area contributed by atoms with E-state index in [-0.39, 0.29) is 0 Å². The minimum absolute atomic E-state index is 0.399. The van der Waals surface area contributed by atoms with Crippen LogP contribution in [0.1, 0.15) is 15.3 Å². The van der Waals surface area contributed by atoms with Gasteiger partial charge in [-0.15, -0.1) is 11.3 Å². The van der Waals surface area contributed by atoms with Crippen LogP contribution in [0.3, 0.4) is 0 Å². The van der Waals surface area contributed by atoms with Gasteiger partial charge in [0, 0.05) is 16.0 Å². The summed E-state index contributed by atoms with van der Waals surface area (Å²) in [7, 11) is 0. The van der Waals surface area contributed by atoms with Crippen LogP contribution in [0.5, 0.6) is 5.88 Å². The van der Waals surface area contributed by atoms with Crippen LogP contribution in [0, 0.1) is 18.3 Å². The maximum Gasteiger partial charge on any atom is 0.231 e. The molecule has 4 heteroatoms. The number of rotatable bonds is 3. The summed E-state index contributed by atoms with van der Waals surface area (Å²) in [6, 6.07) is 9.54. The van der Waals surface area contributed by atoms with Gasteiger partial charge in [-0.2, -0.15) is 5.26 Å². The Bertz CT molecular complexity index is 528. The Morgan fingerprint density at radius 2 is 2.31 bits per heavy atom. The summed E-state index contributed by atoms with van der Waals surface area (Å²) < 4.78 is 5.50. The summed E-state index contributed by atoms with van der Waals surface area (Å²) in [4.78, 5) is 6.41. The van der Waals surface area contributed by atoms with Crippen molar-refractivity contribution in [1.29, 1.82) is 5.26 Å². The number of ether oxygens (including phenoxy) is 1. The quantitative estimate of drug-likeness (QED) is 0.814. The van der Waals surface area contributed by atoms with Crippen molar-refractivity contribution in [2.75, 3.05) is 0 Å². The molecule has 0 saturated heterocycles. The third-order valence-electron chi connectivity index (χ3n) is 2.04. The molecule has 0 saturated carbocycles. The molecule has 0 radical (unpaired) electrons. The molecule has 0 spiro atoms. The highest BCUT2D eigenvalue weighted by Crippen LogP contribution is 2.19. The lowest BCUT2D eigenvalue weighted by molar-refractivity contribution is 0.296. The number of hydrogen-bond donors (Lipinski definition) is 0. The maximum atomic E-state index is 8.85. The van der Waals surface area contributed by atoms with Gasteiger partial charge in [-0.3, -0.25) is 0 Å². The predicted molar refractivity (Wildman–Crippen MR) is 62.3 cm³/mol. The highest BCUT2D eigenvalue weighted by molar-refractivity contribution is 7.11. The van der Waals surface area contributed by atoms with Crippen LogP contribution < -0.4 is 4.74 Å². The van der Waals surface area contributed by atoms with E-state index in [9.17, 15) is 0 Å². The molecular formula is C12H10N2OS. The Morgan fingerprint density at radius 1 is 1.44 bits per heavy atom. The Balaban J connectivity index is 2.08. The van der Waals surface area contributed by atoms with Crippen LogP contribution in [0.15, 0.2) is 30.5 Å². The van der Waals surface area contributed by atoms with E-state index in [1.807, 2.05) is 12.1 Å². The lowest BCUT2D eigenvalue weighted by Gasteiger charge is -2.04. The molecule has 2 heterocycles. The molecule has 0 amide bonds. The Kier molecular flexibility index (Phi) is 3.18. The van der Waals surface area contributed by atoms with E-state index in [2.05, 4.69) is 18.0 Å². The van der Waals surface area contributed by atoms with Crippen molar-refractivity contribution in [3.8, 4) is 11.9 Å². The highest BCUT2D eigenvalue weighted by atomic mass is 32.1. The third-order valence-corrected chi connectivity index (χ3v) is 3.01. The minimum atomic E-state index is 0.399. The molecule has 2 rings (SSSR count). The number of thiophene rings is 1. The fourth-order valence-electron chi connectivity index (χ4n) is 1.29. The number of aryl methyl sites for hydroxylation is 1. The molecule has 2 aromatic rings. The first-order valence-electron chi connectivity index (χ1n) is 4.83. The second-order valence-corrected chi connectivity index (χ2v) is 4.64. The Hall–Kier alpha value is -1.86.